The summed E-state index contributed by atoms with van der Waals surface area (Å²) in [6, 6.07) is 20.2. The Morgan fingerprint density at radius 1 is 1.02 bits per heavy atom. The zero-order valence-corrected chi connectivity index (χ0v) is 24.7. The number of carbonyl (C=O) groups excluding carboxylic acids is 1. The highest BCUT2D eigenvalue weighted by Gasteiger charge is 2.29. The standard InChI is InChI=1S/C29H28Cl2N4O4S/c1-19-10-13-28(39-4)27(14-19)34(40(37,38)24-8-6-5-7-9-24)18-29(36)33-32-17-22-15-20(2)35(21(22)3)26-12-11-23(30)16-25(26)31/h5-17H,18H2,1-4H3,(H,33,36)/b32-17-. The normalized spacial score (nSPS) is 11.6. The maximum Gasteiger partial charge on any atom is 0.264 e. The van der Waals surface area contributed by atoms with Gasteiger partial charge in [0.2, 0.25) is 0 Å². The number of anilines is 1. The molecule has 0 atom stereocenters. The van der Waals surface area contributed by atoms with E-state index in [1.807, 2.05) is 37.5 Å². The third kappa shape index (κ3) is 6.17. The first-order valence-electron chi connectivity index (χ1n) is 12.2. The van der Waals surface area contributed by atoms with Crippen LogP contribution in [0.4, 0.5) is 5.69 Å². The van der Waals surface area contributed by atoms with Crippen molar-refractivity contribution in [2.75, 3.05) is 18.0 Å². The van der Waals surface area contributed by atoms with Crippen molar-refractivity contribution in [2.24, 2.45) is 5.10 Å². The van der Waals surface area contributed by atoms with Crippen LogP contribution in [0.25, 0.3) is 5.69 Å². The summed E-state index contributed by atoms with van der Waals surface area (Å²) in [5, 5.41) is 5.14. The first-order valence-corrected chi connectivity index (χ1v) is 14.4. The first-order chi connectivity index (χ1) is 19.0. The lowest BCUT2D eigenvalue weighted by Crippen LogP contribution is -2.39. The van der Waals surface area contributed by atoms with Crippen LogP contribution in [0.3, 0.4) is 0 Å². The van der Waals surface area contributed by atoms with Gasteiger partial charge in [-0.15, -0.1) is 0 Å². The Kier molecular flexibility index (Phi) is 8.88. The molecule has 0 radical (unpaired) electrons. The van der Waals surface area contributed by atoms with Crippen LogP contribution in [0, 0.1) is 20.8 Å². The second kappa shape index (κ2) is 12.2. The number of hydrazone groups is 1. The number of methoxy groups -OCH3 is 1. The van der Waals surface area contributed by atoms with Crippen LogP contribution in [0.5, 0.6) is 5.75 Å². The number of nitrogens with one attached hydrogen (secondary N) is 1. The van der Waals surface area contributed by atoms with E-state index in [0.717, 1.165) is 32.5 Å². The molecule has 0 saturated carbocycles. The minimum absolute atomic E-state index is 0.0446. The fourth-order valence-electron chi connectivity index (χ4n) is 4.31. The number of aromatic nitrogens is 1. The lowest BCUT2D eigenvalue weighted by atomic mass is 10.2. The molecule has 1 aromatic heterocycles. The van der Waals surface area contributed by atoms with Crippen molar-refractivity contribution in [3.8, 4) is 11.4 Å². The highest BCUT2D eigenvalue weighted by atomic mass is 35.5. The van der Waals surface area contributed by atoms with Gasteiger partial charge < -0.3 is 9.30 Å². The lowest BCUT2D eigenvalue weighted by molar-refractivity contribution is -0.119. The highest BCUT2D eigenvalue weighted by molar-refractivity contribution is 7.92. The summed E-state index contributed by atoms with van der Waals surface area (Å²) in [7, 11) is -2.66. The van der Waals surface area contributed by atoms with Gasteiger partial charge in [-0.3, -0.25) is 9.10 Å². The van der Waals surface area contributed by atoms with Gasteiger partial charge in [-0.05, 0) is 74.9 Å². The van der Waals surface area contributed by atoms with Gasteiger partial charge in [0.25, 0.3) is 15.9 Å². The molecule has 0 saturated heterocycles. The molecule has 4 aromatic rings. The molecule has 4 rings (SSSR count). The SMILES string of the molecule is COc1ccc(C)cc1N(CC(=O)N/N=C\c1cc(C)n(-c2ccc(Cl)cc2Cl)c1C)S(=O)(=O)c1ccccc1. The number of benzene rings is 3. The van der Waals surface area contributed by atoms with Gasteiger partial charge in [0.1, 0.15) is 12.3 Å². The summed E-state index contributed by atoms with van der Waals surface area (Å²) in [5.74, 6) is -0.316. The van der Waals surface area contributed by atoms with E-state index in [4.69, 9.17) is 27.9 Å². The molecule has 208 valence electrons. The van der Waals surface area contributed by atoms with E-state index in [-0.39, 0.29) is 10.6 Å². The van der Waals surface area contributed by atoms with E-state index >= 15 is 0 Å². The van der Waals surface area contributed by atoms with Crippen LogP contribution in [0.15, 0.2) is 82.8 Å². The van der Waals surface area contributed by atoms with E-state index in [0.29, 0.717) is 15.8 Å². The fourth-order valence-corrected chi connectivity index (χ4v) is 6.24. The summed E-state index contributed by atoms with van der Waals surface area (Å²) < 4.78 is 35.7. The summed E-state index contributed by atoms with van der Waals surface area (Å²) in [6.45, 7) is 5.14. The van der Waals surface area contributed by atoms with Crippen molar-refractivity contribution in [1.82, 2.24) is 9.99 Å². The third-order valence-corrected chi connectivity index (χ3v) is 8.55. The fraction of sp³-hybridized carbons (Fsp3) is 0.172. The molecule has 0 aliphatic rings. The molecule has 0 aliphatic heterocycles. The van der Waals surface area contributed by atoms with Gasteiger partial charge >= 0.3 is 0 Å². The zero-order chi connectivity index (χ0) is 29.0. The van der Waals surface area contributed by atoms with Gasteiger partial charge in [0.15, 0.2) is 0 Å². The number of nitrogens with zero attached hydrogens (tertiary/aromatic N) is 3. The second-order valence-electron chi connectivity index (χ2n) is 9.05. The predicted molar refractivity (Wildman–Crippen MR) is 160 cm³/mol. The van der Waals surface area contributed by atoms with Crippen molar-refractivity contribution in [2.45, 2.75) is 25.7 Å². The summed E-state index contributed by atoms with van der Waals surface area (Å²) >= 11 is 12.5. The summed E-state index contributed by atoms with van der Waals surface area (Å²) in [5.41, 5.74) is 6.76. The van der Waals surface area contributed by atoms with Crippen molar-refractivity contribution < 1.29 is 17.9 Å². The number of hydrogen-bond acceptors (Lipinski definition) is 5. The molecule has 3 aromatic carbocycles. The van der Waals surface area contributed by atoms with Crippen LogP contribution in [-0.4, -0.2) is 38.8 Å². The molecule has 1 amide bonds. The van der Waals surface area contributed by atoms with Gasteiger partial charge in [0, 0.05) is 22.0 Å². The maximum absolute atomic E-state index is 13.6. The monoisotopic (exact) mass is 598 g/mol. The molecule has 11 heteroatoms. The number of hydrogen-bond donors (Lipinski definition) is 1. The molecule has 0 spiro atoms. The predicted octanol–water partition coefficient (Wildman–Crippen LogP) is 6.06. The number of carbonyl (C=O) groups is 1. The van der Waals surface area contributed by atoms with Crippen molar-refractivity contribution in [1.29, 1.82) is 0 Å². The maximum atomic E-state index is 13.6. The molecular formula is C29H28Cl2N4O4S. The summed E-state index contributed by atoms with van der Waals surface area (Å²) in [6.07, 6.45) is 1.50. The Bertz CT molecular complexity index is 1690. The zero-order valence-electron chi connectivity index (χ0n) is 22.4. The molecular weight excluding hydrogens is 571 g/mol. The van der Waals surface area contributed by atoms with Crippen molar-refractivity contribution in [3.05, 3.63) is 105 Å². The number of aryl methyl sites for hydroxylation is 2. The highest BCUT2D eigenvalue weighted by Crippen LogP contribution is 2.33. The van der Waals surface area contributed by atoms with E-state index in [1.165, 1.54) is 25.5 Å². The minimum atomic E-state index is -4.11. The Balaban J connectivity index is 1.60. The molecule has 1 N–H and O–H groups in total. The van der Waals surface area contributed by atoms with Crippen LogP contribution >= 0.6 is 23.2 Å². The second-order valence-corrected chi connectivity index (χ2v) is 11.8. The number of sulfonamides is 1. The molecule has 0 unspecified atom stereocenters. The quantitative estimate of drug-likeness (QED) is 0.187. The third-order valence-electron chi connectivity index (χ3n) is 6.24. The Morgan fingerprint density at radius 3 is 2.42 bits per heavy atom. The van der Waals surface area contributed by atoms with Crippen molar-refractivity contribution >= 4 is 51.0 Å². The number of amides is 1. The smallest absolute Gasteiger partial charge is 0.264 e. The van der Waals surface area contributed by atoms with E-state index in [1.54, 1.807) is 48.5 Å². The molecule has 0 fully saturated rings. The van der Waals surface area contributed by atoms with E-state index in [2.05, 4.69) is 10.5 Å². The Hall–Kier alpha value is -3.79. The van der Waals surface area contributed by atoms with Gasteiger partial charge in [0.05, 0.1) is 34.6 Å². The molecule has 40 heavy (non-hydrogen) atoms. The van der Waals surface area contributed by atoms with Crippen LogP contribution in [-0.2, 0) is 14.8 Å². The van der Waals surface area contributed by atoms with E-state index < -0.39 is 22.5 Å². The Morgan fingerprint density at radius 2 is 1.75 bits per heavy atom. The Labute approximate surface area is 243 Å². The lowest BCUT2D eigenvalue weighted by Gasteiger charge is -2.25. The molecule has 0 aliphatic carbocycles. The molecule has 8 nitrogen and oxygen atoms in total. The van der Waals surface area contributed by atoms with E-state index in [9.17, 15) is 13.2 Å². The average Bonchev–Trinajstić information content (AvgIpc) is 3.20. The van der Waals surface area contributed by atoms with Gasteiger partial charge in [-0.1, -0.05) is 47.5 Å². The molecule has 0 bridgehead atoms. The minimum Gasteiger partial charge on any atom is -0.495 e. The van der Waals surface area contributed by atoms with Crippen LogP contribution < -0.4 is 14.5 Å². The number of ether oxygens (including phenoxy) is 1. The topological polar surface area (TPSA) is 93.0 Å². The average molecular weight is 600 g/mol. The molecule has 1 heterocycles. The van der Waals surface area contributed by atoms with Gasteiger partial charge in [-0.2, -0.15) is 5.10 Å². The summed E-state index contributed by atoms with van der Waals surface area (Å²) in [4.78, 5) is 13.1. The van der Waals surface area contributed by atoms with Crippen LogP contribution in [0.2, 0.25) is 10.0 Å². The van der Waals surface area contributed by atoms with Crippen LogP contribution in [0.1, 0.15) is 22.5 Å². The van der Waals surface area contributed by atoms with Crippen molar-refractivity contribution in [3.63, 3.8) is 0 Å². The number of rotatable bonds is 9. The number of halogens is 2. The van der Waals surface area contributed by atoms with Gasteiger partial charge in [-0.25, -0.2) is 13.8 Å². The largest absolute Gasteiger partial charge is 0.495 e. The first kappa shape index (κ1) is 29.2.